The third-order valence-corrected chi connectivity index (χ3v) is 2.79. The van der Waals surface area contributed by atoms with E-state index in [0.29, 0.717) is 6.54 Å². The molecule has 0 saturated carbocycles. The van der Waals surface area contributed by atoms with Crippen LogP contribution in [0.5, 0.6) is 0 Å². The van der Waals surface area contributed by atoms with Gasteiger partial charge in [-0.3, -0.25) is 4.68 Å². The number of fused-ring (bicyclic) bond motifs is 1. The molecule has 2 N–H and O–H groups in total. The minimum atomic E-state index is 0.549. The van der Waals surface area contributed by atoms with E-state index < -0.39 is 0 Å². The summed E-state index contributed by atoms with van der Waals surface area (Å²) in [6.07, 6.45) is 0. The smallest absolute Gasteiger partial charge is 0.0973 e. The van der Waals surface area contributed by atoms with Gasteiger partial charge in [0.25, 0.3) is 0 Å². The van der Waals surface area contributed by atoms with E-state index in [4.69, 9.17) is 5.73 Å². The lowest BCUT2D eigenvalue weighted by molar-refractivity contribution is 0.749. The molecule has 0 radical (unpaired) electrons. The number of hydrogen-bond acceptors (Lipinski definition) is 2. The van der Waals surface area contributed by atoms with Crippen LogP contribution in [-0.2, 0) is 13.6 Å². The summed E-state index contributed by atoms with van der Waals surface area (Å²) in [7, 11) is 1.97. The zero-order valence-electron chi connectivity index (χ0n) is 8.83. The van der Waals surface area contributed by atoms with Gasteiger partial charge in [0.15, 0.2) is 0 Å². The first-order valence-electron chi connectivity index (χ1n) is 4.77. The lowest BCUT2D eigenvalue weighted by atomic mass is 10.1. The van der Waals surface area contributed by atoms with Crippen LogP contribution < -0.4 is 5.73 Å². The van der Waals surface area contributed by atoms with Crippen molar-refractivity contribution in [1.29, 1.82) is 0 Å². The van der Waals surface area contributed by atoms with Crippen molar-refractivity contribution in [2.75, 3.05) is 0 Å². The third-order valence-electron chi connectivity index (χ3n) is 2.79. The molecule has 0 spiro atoms. The van der Waals surface area contributed by atoms with E-state index in [1.54, 1.807) is 0 Å². The maximum atomic E-state index is 5.68. The summed E-state index contributed by atoms with van der Waals surface area (Å²) in [6, 6.07) is 4.17. The van der Waals surface area contributed by atoms with Crippen LogP contribution in [0.4, 0.5) is 0 Å². The molecule has 0 saturated heterocycles. The molecule has 1 aromatic heterocycles. The van der Waals surface area contributed by atoms with Crippen molar-refractivity contribution in [3.63, 3.8) is 0 Å². The fourth-order valence-corrected chi connectivity index (χ4v) is 1.86. The largest absolute Gasteiger partial charge is 0.326 e. The summed E-state index contributed by atoms with van der Waals surface area (Å²) in [5, 5.41) is 5.73. The Morgan fingerprint density at radius 2 is 2.07 bits per heavy atom. The van der Waals surface area contributed by atoms with E-state index in [2.05, 4.69) is 31.1 Å². The Hall–Kier alpha value is -1.35. The number of nitrogens with zero attached hydrogens (tertiary/aromatic N) is 2. The van der Waals surface area contributed by atoms with Crippen molar-refractivity contribution in [3.8, 4) is 0 Å². The minimum Gasteiger partial charge on any atom is -0.326 e. The topological polar surface area (TPSA) is 43.8 Å². The molecule has 3 nitrogen and oxygen atoms in total. The fraction of sp³-hybridized carbons (Fsp3) is 0.364. The van der Waals surface area contributed by atoms with E-state index in [-0.39, 0.29) is 0 Å². The molecule has 14 heavy (non-hydrogen) atoms. The van der Waals surface area contributed by atoms with Gasteiger partial charge in [-0.1, -0.05) is 12.1 Å². The number of aromatic nitrogens is 2. The number of benzene rings is 1. The minimum absolute atomic E-state index is 0.549. The summed E-state index contributed by atoms with van der Waals surface area (Å²) < 4.78 is 1.91. The summed E-state index contributed by atoms with van der Waals surface area (Å²) in [6.45, 7) is 4.74. The fourth-order valence-electron chi connectivity index (χ4n) is 1.86. The molecular formula is C11H15N3. The molecule has 1 aromatic carbocycles. The predicted octanol–water partition coefficient (Wildman–Crippen LogP) is 1.65. The van der Waals surface area contributed by atoms with E-state index in [0.717, 1.165) is 11.1 Å². The average Bonchev–Trinajstić information content (AvgIpc) is 2.45. The lowest BCUT2D eigenvalue weighted by Crippen LogP contribution is -1.98. The number of aryl methyl sites for hydroxylation is 3. The standard InChI is InChI=1S/C11H15N3/c1-7-4-5-9(6-12)11-10(7)8(2)14(3)13-11/h4-5H,6,12H2,1-3H3. The summed E-state index contributed by atoms with van der Waals surface area (Å²) in [4.78, 5) is 0. The van der Waals surface area contributed by atoms with Crippen molar-refractivity contribution in [2.24, 2.45) is 12.8 Å². The van der Waals surface area contributed by atoms with Gasteiger partial charge < -0.3 is 5.73 Å². The Morgan fingerprint density at radius 3 is 2.71 bits per heavy atom. The van der Waals surface area contributed by atoms with Gasteiger partial charge in [0.1, 0.15) is 0 Å². The first-order valence-corrected chi connectivity index (χ1v) is 4.77. The van der Waals surface area contributed by atoms with Crippen LogP contribution in [0.1, 0.15) is 16.8 Å². The Bertz CT molecular complexity index is 483. The second-order valence-electron chi connectivity index (χ2n) is 3.68. The molecule has 1 heterocycles. The molecule has 3 heteroatoms. The Morgan fingerprint density at radius 1 is 1.36 bits per heavy atom. The first kappa shape index (κ1) is 9.21. The van der Waals surface area contributed by atoms with Crippen molar-refractivity contribution in [3.05, 3.63) is 29.0 Å². The molecule has 0 atom stereocenters. The maximum Gasteiger partial charge on any atom is 0.0973 e. The zero-order valence-corrected chi connectivity index (χ0v) is 8.83. The quantitative estimate of drug-likeness (QED) is 0.741. The summed E-state index contributed by atoms with van der Waals surface area (Å²) >= 11 is 0. The van der Waals surface area contributed by atoms with Crippen LogP contribution in [0.3, 0.4) is 0 Å². The Balaban J connectivity index is 2.91. The molecule has 0 fully saturated rings. The average molecular weight is 189 g/mol. The summed E-state index contributed by atoms with van der Waals surface area (Å²) in [5.41, 5.74) is 10.3. The predicted molar refractivity (Wildman–Crippen MR) is 58.1 cm³/mol. The van der Waals surface area contributed by atoms with Crippen LogP contribution in [0.2, 0.25) is 0 Å². The molecular weight excluding hydrogens is 174 g/mol. The Labute approximate surface area is 83.5 Å². The van der Waals surface area contributed by atoms with Crippen LogP contribution in [0, 0.1) is 13.8 Å². The lowest BCUT2D eigenvalue weighted by Gasteiger charge is -2.01. The number of hydrogen-bond donors (Lipinski definition) is 1. The molecule has 74 valence electrons. The SMILES string of the molecule is Cc1ccc(CN)c2nn(C)c(C)c12. The van der Waals surface area contributed by atoms with Gasteiger partial charge in [-0.25, -0.2) is 0 Å². The van der Waals surface area contributed by atoms with Crippen LogP contribution in [-0.4, -0.2) is 9.78 Å². The van der Waals surface area contributed by atoms with E-state index in [9.17, 15) is 0 Å². The zero-order chi connectivity index (χ0) is 10.3. The Kier molecular flexibility index (Phi) is 2.04. The van der Waals surface area contributed by atoms with Gasteiger partial charge in [-0.2, -0.15) is 5.10 Å². The highest BCUT2D eigenvalue weighted by molar-refractivity contribution is 5.87. The molecule has 0 unspecified atom stereocenters. The van der Waals surface area contributed by atoms with E-state index >= 15 is 0 Å². The molecule has 0 bridgehead atoms. The van der Waals surface area contributed by atoms with Crippen molar-refractivity contribution in [2.45, 2.75) is 20.4 Å². The van der Waals surface area contributed by atoms with Crippen molar-refractivity contribution < 1.29 is 0 Å². The number of rotatable bonds is 1. The van der Waals surface area contributed by atoms with Crippen LogP contribution >= 0.6 is 0 Å². The molecule has 0 amide bonds. The van der Waals surface area contributed by atoms with Crippen LogP contribution in [0.15, 0.2) is 12.1 Å². The van der Waals surface area contributed by atoms with Crippen molar-refractivity contribution in [1.82, 2.24) is 9.78 Å². The van der Waals surface area contributed by atoms with E-state index in [1.807, 2.05) is 11.7 Å². The van der Waals surface area contributed by atoms with Gasteiger partial charge in [0.05, 0.1) is 5.52 Å². The molecule has 0 aliphatic rings. The second kappa shape index (κ2) is 3.10. The summed E-state index contributed by atoms with van der Waals surface area (Å²) in [5.74, 6) is 0. The third kappa shape index (κ3) is 1.13. The van der Waals surface area contributed by atoms with Gasteiger partial charge in [0, 0.05) is 24.7 Å². The maximum absolute atomic E-state index is 5.68. The highest BCUT2D eigenvalue weighted by Gasteiger charge is 2.10. The second-order valence-corrected chi connectivity index (χ2v) is 3.68. The normalized spacial score (nSPS) is 11.1. The van der Waals surface area contributed by atoms with Gasteiger partial charge >= 0.3 is 0 Å². The van der Waals surface area contributed by atoms with E-state index in [1.165, 1.54) is 16.6 Å². The van der Waals surface area contributed by atoms with Gasteiger partial charge in [-0.15, -0.1) is 0 Å². The molecule has 2 aromatic rings. The molecule has 2 rings (SSSR count). The number of nitrogens with two attached hydrogens (primary N) is 1. The highest BCUT2D eigenvalue weighted by Crippen LogP contribution is 2.24. The monoisotopic (exact) mass is 189 g/mol. The highest BCUT2D eigenvalue weighted by atomic mass is 15.3. The molecule has 0 aliphatic heterocycles. The molecule has 0 aliphatic carbocycles. The van der Waals surface area contributed by atoms with Crippen molar-refractivity contribution >= 4 is 10.9 Å². The first-order chi connectivity index (χ1) is 6.65. The van der Waals surface area contributed by atoms with Gasteiger partial charge in [0.2, 0.25) is 0 Å². The van der Waals surface area contributed by atoms with Gasteiger partial charge in [-0.05, 0) is 25.0 Å². The van der Waals surface area contributed by atoms with Crippen LogP contribution in [0.25, 0.3) is 10.9 Å².